The molecule has 0 bridgehead atoms. The molecule has 1 N–H and O–H groups in total. The highest BCUT2D eigenvalue weighted by Crippen LogP contribution is 2.27. The molecule has 4 nitrogen and oxygen atoms in total. The molecular weight excluding hydrogens is 288 g/mol. The van der Waals surface area contributed by atoms with Crippen LogP contribution in [0.25, 0.3) is 0 Å². The summed E-state index contributed by atoms with van der Waals surface area (Å²) < 4.78 is 5.85. The Balaban J connectivity index is 1.55. The van der Waals surface area contributed by atoms with Gasteiger partial charge < -0.3 is 4.74 Å². The molecule has 3 unspecified atom stereocenters. The first-order chi connectivity index (χ1) is 11.2. The van der Waals surface area contributed by atoms with Crippen LogP contribution >= 0.6 is 0 Å². The van der Waals surface area contributed by atoms with E-state index in [2.05, 4.69) is 36.2 Å². The zero-order chi connectivity index (χ0) is 15.8. The SMILES string of the molecule is C[NH+]1c2ccccc2CN2CCC(OC(=O)c3ccccc3)C21. The summed E-state index contributed by atoms with van der Waals surface area (Å²) in [6, 6.07) is 17.8. The maximum absolute atomic E-state index is 12.4. The van der Waals surface area contributed by atoms with Crippen LogP contribution in [0, 0.1) is 0 Å². The molecule has 3 atom stereocenters. The van der Waals surface area contributed by atoms with Crippen molar-refractivity contribution in [3.8, 4) is 0 Å². The first-order valence-electron chi connectivity index (χ1n) is 8.16. The number of rotatable bonds is 2. The van der Waals surface area contributed by atoms with Crippen molar-refractivity contribution in [2.75, 3.05) is 13.6 Å². The van der Waals surface area contributed by atoms with Gasteiger partial charge in [-0.25, -0.2) is 9.69 Å². The van der Waals surface area contributed by atoms with Gasteiger partial charge in [-0.15, -0.1) is 0 Å². The number of nitrogens with zero attached hydrogens (tertiary/aromatic N) is 1. The van der Waals surface area contributed by atoms with Gasteiger partial charge >= 0.3 is 5.97 Å². The molecule has 0 spiro atoms. The Morgan fingerprint density at radius 1 is 1.13 bits per heavy atom. The normalized spacial score (nSPS) is 26.4. The maximum Gasteiger partial charge on any atom is 0.338 e. The summed E-state index contributed by atoms with van der Waals surface area (Å²) >= 11 is 0. The highest BCUT2D eigenvalue weighted by atomic mass is 16.5. The van der Waals surface area contributed by atoms with E-state index in [0.29, 0.717) is 5.56 Å². The average Bonchev–Trinajstić information content (AvgIpc) is 2.99. The Hall–Kier alpha value is -2.17. The van der Waals surface area contributed by atoms with Gasteiger partial charge in [0.05, 0.1) is 12.6 Å². The van der Waals surface area contributed by atoms with Gasteiger partial charge in [0.1, 0.15) is 5.69 Å². The third-order valence-corrected chi connectivity index (χ3v) is 4.97. The number of quaternary nitrogens is 1. The lowest BCUT2D eigenvalue weighted by atomic mass is 10.1. The van der Waals surface area contributed by atoms with E-state index in [1.54, 1.807) is 0 Å². The second kappa shape index (κ2) is 5.80. The fraction of sp³-hybridized carbons (Fsp3) is 0.316. The van der Waals surface area contributed by atoms with Gasteiger partial charge in [0.15, 0.2) is 12.3 Å². The summed E-state index contributed by atoms with van der Waals surface area (Å²) in [5.41, 5.74) is 3.31. The number of ether oxygens (including phenoxy) is 1. The molecule has 2 heterocycles. The summed E-state index contributed by atoms with van der Waals surface area (Å²) in [4.78, 5) is 16.1. The molecule has 2 aliphatic heterocycles. The third kappa shape index (κ3) is 2.54. The summed E-state index contributed by atoms with van der Waals surface area (Å²) in [6.07, 6.45) is 1.04. The topological polar surface area (TPSA) is 34.0 Å². The van der Waals surface area contributed by atoms with E-state index in [4.69, 9.17) is 4.74 Å². The van der Waals surface area contributed by atoms with Crippen LogP contribution in [0.5, 0.6) is 0 Å². The Labute approximate surface area is 136 Å². The fourth-order valence-electron chi connectivity index (χ4n) is 3.88. The lowest BCUT2D eigenvalue weighted by Crippen LogP contribution is -3.12. The molecule has 1 fully saturated rings. The molecule has 4 heteroatoms. The van der Waals surface area contributed by atoms with E-state index in [9.17, 15) is 4.79 Å². The molecule has 2 aromatic carbocycles. The zero-order valence-corrected chi connectivity index (χ0v) is 13.2. The molecule has 118 valence electrons. The first-order valence-corrected chi connectivity index (χ1v) is 8.16. The van der Waals surface area contributed by atoms with Crippen LogP contribution in [0.1, 0.15) is 22.3 Å². The van der Waals surface area contributed by atoms with Crippen LogP contribution in [-0.4, -0.2) is 36.7 Å². The first kappa shape index (κ1) is 14.4. The monoisotopic (exact) mass is 309 g/mol. The largest absolute Gasteiger partial charge is 0.451 e. The number of likely N-dealkylation sites (N-methyl/N-ethyl adjacent to an activating group) is 1. The van der Waals surface area contributed by atoms with Gasteiger partial charge in [-0.3, -0.25) is 4.90 Å². The highest BCUT2D eigenvalue weighted by molar-refractivity contribution is 5.89. The summed E-state index contributed by atoms with van der Waals surface area (Å²) in [5, 5.41) is 0. The number of benzene rings is 2. The van der Waals surface area contributed by atoms with Crippen LogP contribution in [0.2, 0.25) is 0 Å². The van der Waals surface area contributed by atoms with E-state index in [1.165, 1.54) is 16.2 Å². The molecule has 2 aromatic rings. The molecule has 1 saturated heterocycles. The second-order valence-electron chi connectivity index (χ2n) is 6.35. The summed E-state index contributed by atoms with van der Waals surface area (Å²) in [7, 11) is 2.17. The van der Waals surface area contributed by atoms with Crippen molar-refractivity contribution < 1.29 is 14.4 Å². The van der Waals surface area contributed by atoms with Gasteiger partial charge in [-0.1, -0.05) is 36.4 Å². The van der Waals surface area contributed by atoms with Crippen LogP contribution in [-0.2, 0) is 11.3 Å². The van der Waals surface area contributed by atoms with Crippen LogP contribution in [0.4, 0.5) is 5.69 Å². The summed E-state index contributed by atoms with van der Waals surface area (Å²) in [5.74, 6) is -0.218. The number of nitrogens with one attached hydrogen (secondary N) is 1. The van der Waals surface area contributed by atoms with Crippen LogP contribution in [0.3, 0.4) is 0 Å². The van der Waals surface area contributed by atoms with Gasteiger partial charge in [0.25, 0.3) is 0 Å². The Morgan fingerprint density at radius 2 is 1.87 bits per heavy atom. The van der Waals surface area contributed by atoms with Gasteiger partial charge in [-0.2, -0.15) is 0 Å². The number of fused-ring (bicyclic) bond motifs is 2. The Morgan fingerprint density at radius 3 is 2.70 bits per heavy atom. The Bertz CT molecular complexity index is 716. The van der Waals surface area contributed by atoms with Crippen LogP contribution in [0.15, 0.2) is 54.6 Å². The fourth-order valence-corrected chi connectivity index (χ4v) is 3.88. The smallest absolute Gasteiger partial charge is 0.338 e. The van der Waals surface area contributed by atoms with E-state index < -0.39 is 0 Å². The lowest BCUT2D eigenvalue weighted by Gasteiger charge is -2.37. The number of esters is 1. The minimum Gasteiger partial charge on any atom is -0.451 e. The van der Waals surface area contributed by atoms with Crippen molar-refractivity contribution in [3.63, 3.8) is 0 Å². The van der Waals surface area contributed by atoms with Gasteiger partial charge in [0, 0.05) is 25.1 Å². The molecule has 0 amide bonds. The minimum absolute atomic E-state index is 0.0592. The van der Waals surface area contributed by atoms with Gasteiger partial charge in [-0.05, 0) is 18.2 Å². The van der Waals surface area contributed by atoms with E-state index in [0.717, 1.165) is 19.5 Å². The molecule has 0 aromatic heterocycles. The van der Waals surface area contributed by atoms with E-state index in [1.807, 2.05) is 30.3 Å². The zero-order valence-electron chi connectivity index (χ0n) is 13.2. The lowest BCUT2D eigenvalue weighted by molar-refractivity contribution is -0.860. The predicted molar refractivity (Wildman–Crippen MR) is 87.4 cm³/mol. The molecule has 4 rings (SSSR count). The molecule has 0 aliphatic carbocycles. The number of hydrogen-bond donors (Lipinski definition) is 1. The highest BCUT2D eigenvalue weighted by Gasteiger charge is 2.46. The second-order valence-corrected chi connectivity index (χ2v) is 6.35. The third-order valence-electron chi connectivity index (χ3n) is 4.97. The van der Waals surface area contributed by atoms with Crippen molar-refractivity contribution in [1.82, 2.24) is 4.90 Å². The molecule has 0 radical (unpaired) electrons. The number of carbonyl (C=O) groups excluding carboxylic acids is 1. The number of para-hydroxylation sites is 1. The van der Waals surface area contributed by atoms with Crippen LogP contribution < -0.4 is 4.90 Å². The van der Waals surface area contributed by atoms with Crippen molar-refractivity contribution in [1.29, 1.82) is 0 Å². The maximum atomic E-state index is 12.4. The summed E-state index contributed by atoms with van der Waals surface area (Å²) in [6.45, 7) is 1.92. The number of carbonyl (C=O) groups is 1. The molecular formula is C19H21N2O2+. The molecule has 2 aliphatic rings. The van der Waals surface area contributed by atoms with Crippen molar-refractivity contribution in [2.45, 2.75) is 25.2 Å². The quantitative estimate of drug-likeness (QED) is 0.856. The van der Waals surface area contributed by atoms with E-state index in [-0.39, 0.29) is 18.2 Å². The minimum atomic E-state index is -0.218. The van der Waals surface area contributed by atoms with Crippen molar-refractivity contribution >= 4 is 11.7 Å². The van der Waals surface area contributed by atoms with Crippen molar-refractivity contribution in [3.05, 3.63) is 65.7 Å². The Kier molecular flexibility index (Phi) is 3.63. The molecule has 0 saturated carbocycles. The van der Waals surface area contributed by atoms with Gasteiger partial charge in [0.2, 0.25) is 0 Å². The van der Waals surface area contributed by atoms with Crippen molar-refractivity contribution in [2.24, 2.45) is 0 Å². The standard InChI is InChI=1S/C19H20N2O2/c1-20-16-10-6-5-9-15(16)13-21-12-11-17(18(20)21)23-19(22)14-7-3-2-4-8-14/h2-10,17-18H,11-13H2,1H3/p+1. The number of hydrogen-bond acceptors (Lipinski definition) is 3. The van der Waals surface area contributed by atoms with E-state index >= 15 is 0 Å². The molecule has 23 heavy (non-hydrogen) atoms. The predicted octanol–water partition coefficient (Wildman–Crippen LogP) is 1.60. The average molecular weight is 309 g/mol.